The Morgan fingerprint density at radius 1 is 1.50 bits per heavy atom. The molecule has 1 rings (SSSR count). The molecule has 0 saturated heterocycles. The van der Waals surface area contributed by atoms with Crippen LogP contribution in [0, 0.1) is 5.92 Å². The summed E-state index contributed by atoms with van der Waals surface area (Å²) >= 11 is 3.35. The lowest BCUT2D eigenvalue weighted by atomic mass is 10.0. The van der Waals surface area contributed by atoms with Crippen LogP contribution in [0.25, 0.3) is 0 Å². The van der Waals surface area contributed by atoms with Gasteiger partial charge in [0.2, 0.25) is 0 Å². The molecule has 0 aromatic carbocycles. The van der Waals surface area contributed by atoms with Crippen LogP contribution in [0.1, 0.15) is 40.0 Å². The highest BCUT2D eigenvalue weighted by molar-refractivity contribution is 9.10. The summed E-state index contributed by atoms with van der Waals surface area (Å²) in [6.45, 7) is 7.00. The van der Waals surface area contributed by atoms with Crippen molar-refractivity contribution in [3.63, 3.8) is 0 Å². The van der Waals surface area contributed by atoms with Crippen LogP contribution in [0.2, 0.25) is 0 Å². The Morgan fingerprint density at radius 3 is 2.75 bits per heavy atom. The zero-order chi connectivity index (χ0) is 15.1. The van der Waals surface area contributed by atoms with Gasteiger partial charge in [-0.15, -0.1) is 0 Å². The molecule has 0 saturated carbocycles. The fraction of sp³-hybridized carbons (Fsp3) is 0.714. The molecule has 0 spiro atoms. The molecule has 5 nitrogen and oxygen atoms in total. The average molecular weight is 346 g/mol. The lowest BCUT2D eigenvalue weighted by Gasteiger charge is -2.23. The van der Waals surface area contributed by atoms with Crippen molar-refractivity contribution >= 4 is 21.6 Å². The second-order valence-corrected chi connectivity index (χ2v) is 6.05. The molecule has 0 fully saturated rings. The highest BCUT2D eigenvalue weighted by Gasteiger charge is 2.16. The van der Waals surface area contributed by atoms with Gasteiger partial charge in [-0.1, -0.05) is 27.2 Å². The Morgan fingerprint density at radius 2 is 2.20 bits per heavy atom. The Hall–Kier alpha value is -0.880. The van der Waals surface area contributed by atoms with E-state index in [4.69, 9.17) is 5.11 Å². The molecule has 1 aromatic rings. The minimum Gasteiger partial charge on any atom is -0.396 e. The van der Waals surface area contributed by atoms with Gasteiger partial charge in [0.25, 0.3) is 5.56 Å². The molecule has 0 amide bonds. The Bertz CT molecular complexity index is 474. The molecule has 0 bridgehead atoms. The minimum absolute atomic E-state index is 0.115. The number of nitrogens with one attached hydrogen (secondary N) is 1. The summed E-state index contributed by atoms with van der Waals surface area (Å²) in [5.74, 6) is 0.358. The molecule has 0 aliphatic carbocycles. The largest absolute Gasteiger partial charge is 0.396 e. The SMILES string of the molecule is CCCCn1ncc(NC(CCO)C(C)C)c(Br)c1=O. The van der Waals surface area contributed by atoms with Crippen LogP contribution in [-0.2, 0) is 6.54 Å². The van der Waals surface area contributed by atoms with Crippen LogP contribution in [-0.4, -0.2) is 27.5 Å². The first-order valence-corrected chi connectivity index (χ1v) is 7.93. The zero-order valence-corrected chi connectivity index (χ0v) is 14.0. The van der Waals surface area contributed by atoms with Crippen LogP contribution in [0.3, 0.4) is 0 Å². The van der Waals surface area contributed by atoms with Crippen molar-refractivity contribution in [1.29, 1.82) is 0 Å². The molecular weight excluding hydrogens is 322 g/mol. The maximum absolute atomic E-state index is 12.2. The molecular formula is C14H24BrN3O2. The first-order chi connectivity index (χ1) is 9.51. The molecule has 1 aromatic heterocycles. The smallest absolute Gasteiger partial charge is 0.283 e. The normalized spacial score (nSPS) is 12.7. The van der Waals surface area contributed by atoms with E-state index in [-0.39, 0.29) is 18.2 Å². The monoisotopic (exact) mass is 345 g/mol. The predicted molar refractivity (Wildman–Crippen MR) is 85.1 cm³/mol. The standard InChI is InChI=1S/C14H24BrN3O2/c1-4-5-7-18-14(20)13(15)12(9-16-18)17-11(6-8-19)10(2)3/h9-11,17,19H,4-8H2,1-3H3. The van der Waals surface area contributed by atoms with E-state index in [0.29, 0.717) is 29.0 Å². The maximum Gasteiger partial charge on any atom is 0.283 e. The number of hydrogen-bond acceptors (Lipinski definition) is 4. The van der Waals surface area contributed by atoms with Gasteiger partial charge in [0.15, 0.2) is 0 Å². The number of halogens is 1. The van der Waals surface area contributed by atoms with E-state index in [0.717, 1.165) is 12.8 Å². The summed E-state index contributed by atoms with van der Waals surface area (Å²) in [7, 11) is 0. The second-order valence-electron chi connectivity index (χ2n) is 5.26. The van der Waals surface area contributed by atoms with E-state index < -0.39 is 0 Å². The number of unbranched alkanes of at least 4 members (excludes halogenated alkanes) is 1. The van der Waals surface area contributed by atoms with E-state index >= 15 is 0 Å². The van der Waals surface area contributed by atoms with Gasteiger partial charge in [-0.25, -0.2) is 4.68 Å². The topological polar surface area (TPSA) is 67.2 Å². The highest BCUT2D eigenvalue weighted by Crippen LogP contribution is 2.20. The second kappa shape index (κ2) is 8.42. The van der Waals surface area contributed by atoms with Crippen LogP contribution in [0.15, 0.2) is 15.5 Å². The maximum atomic E-state index is 12.2. The number of aliphatic hydroxyl groups excluding tert-OH is 1. The Balaban J connectivity index is 2.91. The van der Waals surface area contributed by atoms with Gasteiger partial charge in [-0.2, -0.15) is 5.10 Å². The molecule has 1 heterocycles. The fourth-order valence-corrected chi connectivity index (χ4v) is 2.37. The average Bonchev–Trinajstić information content (AvgIpc) is 2.42. The molecule has 2 N–H and O–H groups in total. The first-order valence-electron chi connectivity index (χ1n) is 7.14. The number of hydrogen-bond donors (Lipinski definition) is 2. The van der Waals surface area contributed by atoms with Crippen LogP contribution < -0.4 is 10.9 Å². The summed E-state index contributed by atoms with van der Waals surface area (Å²) in [6, 6.07) is 0.115. The van der Waals surface area contributed by atoms with Crippen molar-refractivity contribution in [2.75, 3.05) is 11.9 Å². The predicted octanol–water partition coefficient (Wildman–Crippen LogP) is 2.62. The molecule has 0 aliphatic heterocycles. The minimum atomic E-state index is -0.116. The third kappa shape index (κ3) is 4.59. The molecule has 1 unspecified atom stereocenters. The van der Waals surface area contributed by atoms with Crippen molar-refractivity contribution in [1.82, 2.24) is 9.78 Å². The lowest BCUT2D eigenvalue weighted by Crippen LogP contribution is -2.30. The number of aryl methyl sites for hydroxylation is 1. The molecule has 0 aliphatic rings. The summed E-state index contributed by atoms with van der Waals surface area (Å²) < 4.78 is 1.99. The van der Waals surface area contributed by atoms with Crippen molar-refractivity contribution in [3.05, 3.63) is 21.0 Å². The molecule has 1 atom stereocenters. The zero-order valence-electron chi connectivity index (χ0n) is 12.4. The van der Waals surface area contributed by atoms with Crippen LogP contribution in [0.5, 0.6) is 0 Å². The summed E-state index contributed by atoms with van der Waals surface area (Å²) in [4.78, 5) is 12.2. The van der Waals surface area contributed by atoms with Gasteiger partial charge in [-0.05, 0) is 34.7 Å². The van der Waals surface area contributed by atoms with Gasteiger partial charge in [-0.3, -0.25) is 4.79 Å². The molecule has 114 valence electrons. The Kier molecular flexibility index (Phi) is 7.23. The molecule has 20 heavy (non-hydrogen) atoms. The Labute approximate surface area is 128 Å². The first kappa shape index (κ1) is 17.2. The summed E-state index contributed by atoms with van der Waals surface area (Å²) in [6.07, 6.45) is 4.28. The number of aromatic nitrogens is 2. The molecule has 6 heteroatoms. The fourth-order valence-electron chi connectivity index (χ4n) is 1.94. The van der Waals surface area contributed by atoms with Crippen molar-refractivity contribution in [2.45, 2.75) is 52.6 Å². The third-order valence-corrected chi connectivity index (χ3v) is 4.06. The highest BCUT2D eigenvalue weighted by atomic mass is 79.9. The van der Waals surface area contributed by atoms with E-state index in [1.165, 1.54) is 4.68 Å². The van der Waals surface area contributed by atoms with Crippen molar-refractivity contribution < 1.29 is 5.11 Å². The quantitative estimate of drug-likeness (QED) is 0.759. The number of aliphatic hydroxyl groups is 1. The van der Waals surface area contributed by atoms with E-state index in [1.54, 1.807) is 6.20 Å². The van der Waals surface area contributed by atoms with Gasteiger partial charge in [0, 0.05) is 19.2 Å². The summed E-state index contributed by atoms with van der Waals surface area (Å²) in [5.41, 5.74) is 0.574. The summed E-state index contributed by atoms with van der Waals surface area (Å²) in [5, 5.41) is 16.6. The van der Waals surface area contributed by atoms with Crippen molar-refractivity contribution in [3.8, 4) is 0 Å². The van der Waals surface area contributed by atoms with E-state index in [9.17, 15) is 4.79 Å². The van der Waals surface area contributed by atoms with Gasteiger partial charge in [0.05, 0.1) is 11.9 Å². The van der Waals surface area contributed by atoms with E-state index in [1.807, 2.05) is 0 Å². The number of rotatable bonds is 8. The van der Waals surface area contributed by atoms with E-state index in [2.05, 4.69) is 47.1 Å². The number of anilines is 1. The van der Waals surface area contributed by atoms with Gasteiger partial charge < -0.3 is 10.4 Å². The van der Waals surface area contributed by atoms with Crippen molar-refractivity contribution in [2.24, 2.45) is 5.92 Å². The van der Waals surface area contributed by atoms with Crippen LogP contribution >= 0.6 is 15.9 Å². The third-order valence-electron chi connectivity index (χ3n) is 3.29. The lowest BCUT2D eigenvalue weighted by molar-refractivity contribution is 0.267. The molecule has 0 radical (unpaired) electrons. The van der Waals surface area contributed by atoms with Crippen LogP contribution in [0.4, 0.5) is 5.69 Å². The van der Waals surface area contributed by atoms with Gasteiger partial charge in [0.1, 0.15) is 4.47 Å². The number of nitrogens with zero attached hydrogens (tertiary/aromatic N) is 2. The van der Waals surface area contributed by atoms with Gasteiger partial charge >= 0.3 is 0 Å².